The monoisotopic (exact) mass is 238 g/mol. The zero-order valence-corrected chi connectivity index (χ0v) is 11.1. The third kappa shape index (κ3) is 3.72. The highest BCUT2D eigenvalue weighted by molar-refractivity contribution is 5.42. The van der Waals surface area contributed by atoms with E-state index in [-0.39, 0.29) is 0 Å². The Kier molecular flexibility index (Phi) is 5.45. The first-order valence-electron chi connectivity index (χ1n) is 6.01. The summed E-state index contributed by atoms with van der Waals surface area (Å²) in [7, 11) is 1.65. The van der Waals surface area contributed by atoms with Gasteiger partial charge in [-0.1, -0.05) is 6.92 Å². The minimum atomic E-state index is -0.564. The van der Waals surface area contributed by atoms with Crippen LogP contribution in [0.15, 0.2) is 12.1 Å². The Morgan fingerprint density at radius 1 is 1.24 bits per heavy atom. The zero-order chi connectivity index (χ0) is 12.8. The lowest BCUT2D eigenvalue weighted by Gasteiger charge is -2.16. The molecule has 17 heavy (non-hydrogen) atoms. The second kappa shape index (κ2) is 6.62. The van der Waals surface area contributed by atoms with Gasteiger partial charge in [0.05, 0.1) is 13.7 Å². The van der Waals surface area contributed by atoms with Gasteiger partial charge < -0.3 is 14.6 Å². The van der Waals surface area contributed by atoms with E-state index in [1.807, 2.05) is 26.0 Å². The molecule has 0 saturated heterocycles. The molecule has 0 aromatic heterocycles. The highest BCUT2D eigenvalue weighted by atomic mass is 16.5. The van der Waals surface area contributed by atoms with Gasteiger partial charge in [0.2, 0.25) is 0 Å². The molecular formula is C14H22O3. The van der Waals surface area contributed by atoms with Gasteiger partial charge in [-0.3, -0.25) is 0 Å². The van der Waals surface area contributed by atoms with Crippen molar-refractivity contribution in [2.24, 2.45) is 0 Å². The first-order chi connectivity index (χ1) is 8.10. The number of rotatable bonds is 6. The van der Waals surface area contributed by atoms with E-state index in [0.29, 0.717) is 13.2 Å². The molecule has 0 aliphatic heterocycles. The molecule has 1 aromatic carbocycles. The van der Waals surface area contributed by atoms with E-state index in [2.05, 4.69) is 6.92 Å². The Morgan fingerprint density at radius 2 is 1.94 bits per heavy atom. The quantitative estimate of drug-likeness (QED) is 0.774. The van der Waals surface area contributed by atoms with Gasteiger partial charge in [0.15, 0.2) is 0 Å². The molecule has 0 aliphatic rings. The Morgan fingerprint density at radius 3 is 2.53 bits per heavy atom. The lowest BCUT2D eigenvalue weighted by atomic mass is 10.0. The molecule has 1 N–H and O–H groups in total. The highest BCUT2D eigenvalue weighted by Crippen LogP contribution is 2.26. The van der Waals surface area contributed by atoms with Crippen molar-refractivity contribution >= 4 is 0 Å². The van der Waals surface area contributed by atoms with Gasteiger partial charge in [-0.25, -0.2) is 0 Å². The number of benzene rings is 1. The maximum absolute atomic E-state index is 10.1. The van der Waals surface area contributed by atoms with E-state index < -0.39 is 6.10 Å². The van der Waals surface area contributed by atoms with Gasteiger partial charge in [0, 0.05) is 6.61 Å². The van der Waals surface area contributed by atoms with Gasteiger partial charge in [-0.15, -0.1) is 0 Å². The normalized spacial score (nSPS) is 12.5. The maximum Gasteiger partial charge on any atom is 0.122 e. The van der Waals surface area contributed by atoms with Gasteiger partial charge in [-0.2, -0.15) is 0 Å². The predicted molar refractivity (Wildman–Crippen MR) is 68.5 cm³/mol. The van der Waals surface area contributed by atoms with Crippen LogP contribution < -0.4 is 4.74 Å². The van der Waals surface area contributed by atoms with E-state index in [0.717, 1.165) is 28.9 Å². The van der Waals surface area contributed by atoms with Crippen LogP contribution in [0.5, 0.6) is 5.75 Å². The van der Waals surface area contributed by atoms with E-state index in [4.69, 9.17) is 9.47 Å². The Bertz CT molecular complexity index is 361. The third-order valence-corrected chi connectivity index (χ3v) is 2.77. The van der Waals surface area contributed by atoms with Crippen LogP contribution >= 0.6 is 0 Å². The molecule has 0 amide bonds. The van der Waals surface area contributed by atoms with Crippen LogP contribution in [0.2, 0.25) is 0 Å². The van der Waals surface area contributed by atoms with E-state index in [9.17, 15) is 5.11 Å². The summed E-state index contributed by atoms with van der Waals surface area (Å²) < 4.78 is 10.6. The number of hydrogen-bond donors (Lipinski definition) is 1. The van der Waals surface area contributed by atoms with Crippen LogP contribution in [0.3, 0.4) is 0 Å². The maximum atomic E-state index is 10.1. The lowest BCUT2D eigenvalue weighted by molar-refractivity contribution is 0.0360. The minimum Gasteiger partial charge on any atom is -0.496 e. The van der Waals surface area contributed by atoms with Gasteiger partial charge in [-0.05, 0) is 49.1 Å². The summed E-state index contributed by atoms with van der Waals surface area (Å²) in [6, 6.07) is 3.92. The molecule has 0 fully saturated rings. The van der Waals surface area contributed by atoms with Crippen LogP contribution in [0.25, 0.3) is 0 Å². The van der Waals surface area contributed by atoms with Crippen molar-refractivity contribution in [3.05, 3.63) is 28.8 Å². The Hall–Kier alpha value is -1.06. The van der Waals surface area contributed by atoms with Crippen LogP contribution in [-0.4, -0.2) is 25.4 Å². The molecule has 0 heterocycles. The van der Waals surface area contributed by atoms with E-state index in [1.54, 1.807) is 7.11 Å². The number of aliphatic hydroxyl groups is 1. The van der Waals surface area contributed by atoms with Gasteiger partial charge in [0.25, 0.3) is 0 Å². The molecule has 1 aromatic rings. The molecule has 0 radical (unpaired) electrons. The second-order valence-electron chi connectivity index (χ2n) is 4.27. The molecule has 0 bridgehead atoms. The summed E-state index contributed by atoms with van der Waals surface area (Å²) in [5, 5.41) is 10.1. The highest BCUT2D eigenvalue weighted by Gasteiger charge is 2.13. The Labute approximate surface area is 103 Å². The van der Waals surface area contributed by atoms with Crippen molar-refractivity contribution < 1.29 is 14.6 Å². The van der Waals surface area contributed by atoms with E-state index >= 15 is 0 Å². The number of methoxy groups -OCH3 is 1. The molecule has 3 nitrogen and oxygen atoms in total. The smallest absolute Gasteiger partial charge is 0.122 e. The topological polar surface area (TPSA) is 38.7 Å². The molecule has 0 saturated carbocycles. The summed E-state index contributed by atoms with van der Waals surface area (Å²) in [5.41, 5.74) is 2.97. The van der Waals surface area contributed by atoms with Crippen molar-refractivity contribution in [3.63, 3.8) is 0 Å². The molecule has 1 rings (SSSR count). The third-order valence-electron chi connectivity index (χ3n) is 2.77. The summed E-state index contributed by atoms with van der Waals surface area (Å²) in [4.78, 5) is 0. The van der Waals surface area contributed by atoms with Crippen molar-refractivity contribution in [2.45, 2.75) is 33.3 Å². The van der Waals surface area contributed by atoms with Crippen LogP contribution in [-0.2, 0) is 4.74 Å². The lowest BCUT2D eigenvalue weighted by Crippen LogP contribution is -2.09. The summed E-state index contributed by atoms with van der Waals surface area (Å²) in [6.07, 6.45) is 0.402. The number of ether oxygens (including phenoxy) is 2. The SMILES string of the molecule is CCCOCC(O)c1cc(C)c(OC)cc1C. The minimum absolute atomic E-state index is 0.348. The van der Waals surface area contributed by atoms with E-state index in [1.165, 1.54) is 0 Å². The molecule has 96 valence electrons. The zero-order valence-electron chi connectivity index (χ0n) is 11.1. The fourth-order valence-corrected chi connectivity index (χ4v) is 1.82. The molecule has 3 heteroatoms. The summed E-state index contributed by atoms with van der Waals surface area (Å²) in [5.74, 6) is 0.855. The molecule has 0 aliphatic carbocycles. The fourth-order valence-electron chi connectivity index (χ4n) is 1.82. The fraction of sp³-hybridized carbons (Fsp3) is 0.571. The van der Waals surface area contributed by atoms with Gasteiger partial charge in [0.1, 0.15) is 11.9 Å². The van der Waals surface area contributed by atoms with Crippen molar-refractivity contribution in [3.8, 4) is 5.75 Å². The van der Waals surface area contributed by atoms with Crippen molar-refractivity contribution in [1.82, 2.24) is 0 Å². The molecule has 1 unspecified atom stereocenters. The molecule has 1 atom stereocenters. The van der Waals surface area contributed by atoms with Crippen LogP contribution in [0.1, 0.15) is 36.1 Å². The molecule has 0 spiro atoms. The first-order valence-corrected chi connectivity index (χ1v) is 6.01. The average molecular weight is 238 g/mol. The predicted octanol–water partition coefficient (Wildman–Crippen LogP) is 2.77. The summed E-state index contributed by atoms with van der Waals surface area (Å²) in [6.45, 7) is 7.03. The van der Waals surface area contributed by atoms with Crippen molar-refractivity contribution in [1.29, 1.82) is 0 Å². The Balaban J connectivity index is 2.79. The number of aryl methyl sites for hydroxylation is 2. The van der Waals surface area contributed by atoms with Crippen LogP contribution in [0, 0.1) is 13.8 Å². The number of aliphatic hydroxyl groups excluding tert-OH is 1. The largest absolute Gasteiger partial charge is 0.496 e. The average Bonchev–Trinajstić information content (AvgIpc) is 2.31. The standard InChI is InChI=1S/C14H22O3/c1-5-6-17-9-13(15)12-7-11(3)14(16-4)8-10(12)2/h7-8,13,15H,5-6,9H2,1-4H3. The number of hydrogen-bond acceptors (Lipinski definition) is 3. The van der Waals surface area contributed by atoms with Gasteiger partial charge >= 0.3 is 0 Å². The molecular weight excluding hydrogens is 216 g/mol. The first kappa shape index (κ1) is 14.0. The second-order valence-corrected chi connectivity index (χ2v) is 4.27. The van der Waals surface area contributed by atoms with Crippen LogP contribution in [0.4, 0.5) is 0 Å². The summed E-state index contributed by atoms with van der Waals surface area (Å²) >= 11 is 0. The van der Waals surface area contributed by atoms with Crippen molar-refractivity contribution in [2.75, 3.05) is 20.3 Å².